The van der Waals surface area contributed by atoms with E-state index in [1.54, 1.807) is 6.08 Å². The summed E-state index contributed by atoms with van der Waals surface area (Å²) in [7, 11) is 0. The Bertz CT molecular complexity index is 299. The summed E-state index contributed by atoms with van der Waals surface area (Å²) in [5.74, 6) is 1.71. The third-order valence-electron chi connectivity index (χ3n) is 4.94. The summed E-state index contributed by atoms with van der Waals surface area (Å²) in [6.07, 6.45) is 12.6. The Morgan fingerprint density at radius 3 is 2.11 bits per heavy atom. The first kappa shape index (κ1) is 14.7. The van der Waals surface area contributed by atoms with Crippen LogP contribution < -0.4 is 5.32 Å². The highest BCUT2D eigenvalue weighted by molar-refractivity contribution is 5.33. The zero-order valence-electron chi connectivity index (χ0n) is 11.7. The van der Waals surface area contributed by atoms with Crippen molar-refractivity contribution in [1.82, 2.24) is 5.32 Å². The molecule has 0 aromatic carbocycles. The lowest BCUT2D eigenvalue weighted by molar-refractivity contribution is 0.184. The maximum absolute atomic E-state index is 10.2. The van der Waals surface area contributed by atoms with Crippen LogP contribution in [0.15, 0.2) is 4.99 Å². The van der Waals surface area contributed by atoms with E-state index in [4.69, 9.17) is 5.11 Å². The second-order valence-corrected chi connectivity index (χ2v) is 6.21. The van der Waals surface area contributed by atoms with Gasteiger partial charge in [-0.05, 0) is 69.6 Å². The molecular weight excluding hydrogens is 240 g/mol. The lowest BCUT2D eigenvalue weighted by Crippen LogP contribution is -2.34. The van der Waals surface area contributed by atoms with Crippen molar-refractivity contribution in [2.45, 2.75) is 69.9 Å². The van der Waals surface area contributed by atoms with E-state index in [0.717, 1.165) is 24.7 Å². The minimum atomic E-state index is 0.108. The highest BCUT2D eigenvalue weighted by Gasteiger charge is 2.26. The van der Waals surface area contributed by atoms with Crippen molar-refractivity contribution in [2.75, 3.05) is 6.73 Å². The topological polar surface area (TPSA) is 61.7 Å². The zero-order chi connectivity index (χ0) is 13.5. The number of rotatable bonds is 5. The van der Waals surface area contributed by atoms with Gasteiger partial charge in [0, 0.05) is 6.04 Å². The molecule has 0 heterocycles. The normalized spacial score (nSPS) is 35.6. The van der Waals surface area contributed by atoms with Crippen LogP contribution in [-0.2, 0) is 4.79 Å². The van der Waals surface area contributed by atoms with E-state index in [-0.39, 0.29) is 12.8 Å². The molecule has 0 unspecified atom stereocenters. The lowest BCUT2D eigenvalue weighted by atomic mass is 9.76. The Morgan fingerprint density at radius 2 is 1.58 bits per heavy atom. The first-order valence-corrected chi connectivity index (χ1v) is 7.73. The van der Waals surface area contributed by atoms with E-state index in [0.29, 0.717) is 6.04 Å². The molecule has 0 saturated heterocycles. The molecule has 0 radical (unpaired) electrons. The fourth-order valence-electron chi connectivity index (χ4n) is 3.79. The van der Waals surface area contributed by atoms with Gasteiger partial charge in [-0.2, -0.15) is 0 Å². The molecule has 2 fully saturated rings. The monoisotopic (exact) mass is 266 g/mol. The number of nitrogens with zero attached hydrogens (tertiary/aromatic N) is 1. The summed E-state index contributed by atoms with van der Waals surface area (Å²) in [5, 5.41) is 12.0. The number of carbonyl (C=O) groups excluding carboxylic acids is 1. The van der Waals surface area contributed by atoms with Gasteiger partial charge in [0.05, 0.1) is 12.8 Å². The number of nitrogens with one attached hydrogen (secondary N) is 1. The highest BCUT2D eigenvalue weighted by atomic mass is 16.3. The first-order chi connectivity index (χ1) is 9.31. The highest BCUT2D eigenvalue weighted by Crippen LogP contribution is 2.35. The third-order valence-corrected chi connectivity index (χ3v) is 4.94. The third kappa shape index (κ3) is 4.72. The quantitative estimate of drug-likeness (QED) is 0.456. The maximum atomic E-state index is 10.2. The molecule has 0 spiro atoms. The minimum Gasteiger partial charge on any atom is -0.381 e. The average Bonchev–Trinajstić information content (AvgIpc) is 2.44. The SMILES string of the molecule is O=C=NC1CCC(CC2CCC(NCO)CC2)CC1. The lowest BCUT2D eigenvalue weighted by Gasteiger charge is -2.33. The summed E-state index contributed by atoms with van der Waals surface area (Å²) in [5.41, 5.74) is 0. The second-order valence-electron chi connectivity index (χ2n) is 6.21. The average molecular weight is 266 g/mol. The van der Waals surface area contributed by atoms with Gasteiger partial charge in [0.15, 0.2) is 0 Å². The number of aliphatic hydroxyl groups is 1. The first-order valence-electron chi connectivity index (χ1n) is 7.73. The molecular formula is C15H26N2O2. The number of isocyanates is 1. The number of hydrogen-bond acceptors (Lipinski definition) is 4. The van der Waals surface area contributed by atoms with Crippen LogP contribution >= 0.6 is 0 Å². The molecule has 0 aromatic heterocycles. The Kier molecular flexibility index (Phi) is 6.02. The molecule has 0 aromatic rings. The van der Waals surface area contributed by atoms with Gasteiger partial charge in [0.25, 0.3) is 0 Å². The molecule has 19 heavy (non-hydrogen) atoms. The zero-order valence-corrected chi connectivity index (χ0v) is 11.7. The Hall–Kier alpha value is -0.700. The maximum Gasteiger partial charge on any atom is 0.235 e. The molecule has 4 nitrogen and oxygen atoms in total. The molecule has 2 aliphatic rings. The standard InChI is InChI=1S/C15H26N2O2/c18-10-16-14-5-1-12(2-6-14)9-13-3-7-15(8-4-13)17-11-19/h12-16,18H,1-10H2. The van der Waals surface area contributed by atoms with Crippen molar-refractivity contribution >= 4 is 6.08 Å². The number of hydrogen-bond donors (Lipinski definition) is 2. The fourth-order valence-corrected chi connectivity index (χ4v) is 3.79. The van der Waals surface area contributed by atoms with Crippen LogP contribution in [0, 0.1) is 11.8 Å². The van der Waals surface area contributed by atoms with E-state index in [1.165, 1.54) is 44.9 Å². The summed E-state index contributed by atoms with van der Waals surface area (Å²) in [6.45, 7) is 0.108. The van der Waals surface area contributed by atoms with E-state index in [1.807, 2.05) is 0 Å². The van der Waals surface area contributed by atoms with Crippen LogP contribution in [-0.4, -0.2) is 30.0 Å². The van der Waals surface area contributed by atoms with E-state index in [9.17, 15) is 4.79 Å². The molecule has 108 valence electrons. The largest absolute Gasteiger partial charge is 0.381 e. The van der Waals surface area contributed by atoms with Crippen LogP contribution in [0.25, 0.3) is 0 Å². The van der Waals surface area contributed by atoms with Gasteiger partial charge in [-0.3, -0.25) is 5.32 Å². The van der Waals surface area contributed by atoms with Crippen LogP contribution in [0.2, 0.25) is 0 Å². The Morgan fingerprint density at radius 1 is 1.00 bits per heavy atom. The molecule has 0 atom stereocenters. The van der Waals surface area contributed by atoms with Crippen LogP contribution in [0.3, 0.4) is 0 Å². The van der Waals surface area contributed by atoms with Crippen molar-refractivity contribution in [1.29, 1.82) is 0 Å². The summed E-state index contributed by atoms with van der Waals surface area (Å²) in [6, 6.07) is 0.775. The molecule has 4 heteroatoms. The minimum absolute atomic E-state index is 0.108. The Balaban J connectivity index is 1.65. The molecule has 2 N–H and O–H groups in total. The van der Waals surface area contributed by atoms with Gasteiger partial charge >= 0.3 is 0 Å². The summed E-state index contributed by atoms with van der Waals surface area (Å²) in [4.78, 5) is 14.1. The predicted molar refractivity (Wildman–Crippen MR) is 74.5 cm³/mol. The van der Waals surface area contributed by atoms with Gasteiger partial charge in [0.2, 0.25) is 6.08 Å². The van der Waals surface area contributed by atoms with E-state index >= 15 is 0 Å². The molecule has 2 rings (SSSR count). The van der Waals surface area contributed by atoms with Gasteiger partial charge in [0.1, 0.15) is 0 Å². The smallest absolute Gasteiger partial charge is 0.235 e. The van der Waals surface area contributed by atoms with Crippen molar-refractivity contribution in [3.8, 4) is 0 Å². The van der Waals surface area contributed by atoms with Gasteiger partial charge < -0.3 is 5.11 Å². The van der Waals surface area contributed by atoms with Crippen molar-refractivity contribution in [3.63, 3.8) is 0 Å². The van der Waals surface area contributed by atoms with E-state index in [2.05, 4.69) is 10.3 Å². The number of aliphatic imine (C=N–C) groups is 1. The second kappa shape index (κ2) is 7.78. The molecule has 2 aliphatic carbocycles. The van der Waals surface area contributed by atoms with Crippen molar-refractivity contribution in [3.05, 3.63) is 0 Å². The van der Waals surface area contributed by atoms with Crippen LogP contribution in [0.4, 0.5) is 0 Å². The molecule has 0 aliphatic heterocycles. The molecule has 2 saturated carbocycles. The van der Waals surface area contributed by atoms with Gasteiger partial charge in [-0.15, -0.1) is 0 Å². The molecule has 0 bridgehead atoms. The summed E-state index contributed by atoms with van der Waals surface area (Å²) < 4.78 is 0. The Labute approximate surface area is 115 Å². The van der Waals surface area contributed by atoms with Crippen LogP contribution in [0.5, 0.6) is 0 Å². The van der Waals surface area contributed by atoms with Gasteiger partial charge in [-0.25, -0.2) is 9.79 Å². The van der Waals surface area contributed by atoms with Crippen LogP contribution in [0.1, 0.15) is 57.8 Å². The number of aliphatic hydroxyl groups excluding tert-OH is 1. The van der Waals surface area contributed by atoms with Crippen molar-refractivity contribution in [2.24, 2.45) is 16.8 Å². The summed E-state index contributed by atoms with van der Waals surface area (Å²) >= 11 is 0. The van der Waals surface area contributed by atoms with Gasteiger partial charge in [-0.1, -0.05) is 0 Å². The predicted octanol–water partition coefficient (Wildman–Crippen LogP) is 2.37. The molecule has 0 amide bonds. The van der Waals surface area contributed by atoms with Crippen molar-refractivity contribution < 1.29 is 9.90 Å². The van der Waals surface area contributed by atoms with E-state index < -0.39 is 0 Å². The fraction of sp³-hybridized carbons (Fsp3) is 0.933.